The Morgan fingerprint density at radius 3 is 2.58 bits per heavy atom. The maximum atomic E-state index is 12.9. The zero-order chi connectivity index (χ0) is 18.9. The van der Waals surface area contributed by atoms with E-state index in [-0.39, 0.29) is 5.95 Å². The maximum Gasteiger partial charge on any atom is 0.433 e. The first kappa shape index (κ1) is 18.3. The quantitative estimate of drug-likeness (QED) is 0.621. The van der Waals surface area contributed by atoms with Gasteiger partial charge in [0.05, 0.1) is 9.88 Å². The first-order valence-electron chi connectivity index (χ1n) is 7.98. The van der Waals surface area contributed by atoms with E-state index in [0.717, 1.165) is 39.7 Å². The van der Waals surface area contributed by atoms with E-state index < -0.39 is 11.9 Å². The molecule has 1 aromatic carbocycles. The van der Waals surface area contributed by atoms with Crippen molar-refractivity contribution in [1.29, 1.82) is 0 Å². The van der Waals surface area contributed by atoms with E-state index in [0.29, 0.717) is 5.69 Å². The molecule has 2 heterocycles. The minimum Gasteiger partial charge on any atom is -0.314 e. The summed E-state index contributed by atoms with van der Waals surface area (Å²) in [5.41, 5.74) is 1.71. The molecular formula is C18H17F3N4S. The van der Waals surface area contributed by atoms with Crippen LogP contribution in [0.15, 0.2) is 36.7 Å². The van der Waals surface area contributed by atoms with Crippen LogP contribution in [0.5, 0.6) is 0 Å². The molecule has 0 aliphatic heterocycles. The van der Waals surface area contributed by atoms with Gasteiger partial charge in [0.2, 0.25) is 5.95 Å². The summed E-state index contributed by atoms with van der Waals surface area (Å²) < 4.78 is 38.7. The van der Waals surface area contributed by atoms with E-state index in [1.54, 1.807) is 23.3 Å². The van der Waals surface area contributed by atoms with E-state index in [4.69, 9.17) is 0 Å². The number of alkyl halides is 3. The normalized spacial score (nSPS) is 11.6. The third kappa shape index (κ3) is 3.85. The molecule has 2 aromatic heterocycles. The SMILES string of the molecule is CCc1ncc(-c2cc(C)cc(N(C)c3nccc(C(F)(F)F)n3)c2)s1. The average molecular weight is 378 g/mol. The highest BCUT2D eigenvalue weighted by Gasteiger charge is 2.33. The minimum atomic E-state index is -4.50. The Hall–Kier alpha value is -2.48. The Labute approximate surface area is 153 Å². The standard InChI is InChI=1S/C18H17F3N4S/c1-4-16-23-10-14(26-16)12-7-11(2)8-13(9-12)25(3)17-22-6-5-15(24-17)18(19,20)21/h5-10H,4H2,1-3H3. The number of nitrogens with zero attached hydrogens (tertiary/aromatic N) is 4. The highest BCUT2D eigenvalue weighted by atomic mass is 32.1. The average Bonchev–Trinajstić information content (AvgIpc) is 3.09. The first-order valence-corrected chi connectivity index (χ1v) is 8.80. The van der Waals surface area contributed by atoms with Gasteiger partial charge in [-0.3, -0.25) is 0 Å². The molecule has 0 fully saturated rings. The molecule has 3 aromatic rings. The van der Waals surface area contributed by atoms with Crippen LogP contribution in [-0.2, 0) is 12.6 Å². The van der Waals surface area contributed by atoms with Crippen LogP contribution in [0.1, 0.15) is 23.2 Å². The smallest absolute Gasteiger partial charge is 0.314 e. The summed E-state index contributed by atoms with van der Waals surface area (Å²) in [7, 11) is 1.65. The molecule has 0 aliphatic rings. The third-order valence-electron chi connectivity index (χ3n) is 3.82. The van der Waals surface area contributed by atoms with E-state index >= 15 is 0 Å². The summed E-state index contributed by atoms with van der Waals surface area (Å²) in [6.45, 7) is 3.98. The van der Waals surface area contributed by atoms with Crippen molar-refractivity contribution in [3.05, 3.63) is 52.9 Å². The van der Waals surface area contributed by atoms with Crippen LogP contribution in [0.25, 0.3) is 10.4 Å². The van der Waals surface area contributed by atoms with Crippen LogP contribution in [0.2, 0.25) is 0 Å². The van der Waals surface area contributed by atoms with Crippen molar-refractivity contribution in [2.24, 2.45) is 0 Å². The van der Waals surface area contributed by atoms with Crippen molar-refractivity contribution in [2.45, 2.75) is 26.4 Å². The molecule has 0 N–H and O–H groups in total. The molecule has 0 radical (unpaired) electrons. The fraction of sp³-hybridized carbons (Fsp3) is 0.278. The van der Waals surface area contributed by atoms with E-state index in [1.165, 1.54) is 0 Å². The second-order valence-electron chi connectivity index (χ2n) is 5.83. The van der Waals surface area contributed by atoms with E-state index in [1.807, 2.05) is 38.2 Å². The number of hydrogen-bond acceptors (Lipinski definition) is 5. The van der Waals surface area contributed by atoms with Crippen molar-refractivity contribution < 1.29 is 13.2 Å². The Morgan fingerprint density at radius 2 is 1.92 bits per heavy atom. The molecule has 0 amide bonds. The van der Waals surface area contributed by atoms with Crippen molar-refractivity contribution >= 4 is 23.0 Å². The second-order valence-corrected chi connectivity index (χ2v) is 6.94. The molecule has 4 nitrogen and oxygen atoms in total. The molecular weight excluding hydrogens is 361 g/mol. The summed E-state index contributed by atoms with van der Waals surface area (Å²) in [6.07, 6.45) is -0.700. The van der Waals surface area contributed by atoms with Crippen molar-refractivity contribution in [3.63, 3.8) is 0 Å². The number of thiazole rings is 1. The van der Waals surface area contributed by atoms with Gasteiger partial charge in [-0.1, -0.05) is 13.0 Å². The molecule has 136 valence electrons. The summed E-state index contributed by atoms with van der Waals surface area (Å²) in [5, 5.41) is 1.04. The highest BCUT2D eigenvalue weighted by molar-refractivity contribution is 7.15. The molecule has 26 heavy (non-hydrogen) atoms. The lowest BCUT2D eigenvalue weighted by atomic mass is 10.1. The van der Waals surface area contributed by atoms with Crippen LogP contribution in [0.4, 0.5) is 24.8 Å². The Kier molecular flexibility index (Phi) is 4.95. The van der Waals surface area contributed by atoms with Gasteiger partial charge in [-0.15, -0.1) is 11.3 Å². The number of hydrogen-bond donors (Lipinski definition) is 0. The lowest BCUT2D eigenvalue weighted by Gasteiger charge is -2.19. The molecule has 0 saturated heterocycles. The summed E-state index contributed by atoms with van der Waals surface area (Å²) in [6, 6.07) is 6.68. The maximum absolute atomic E-state index is 12.9. The summed E-state index contributed by atoms with van der Waals surface area (Å²) in [4.78, 5) is 14.6. The zero-order valence-corrected chi connectivity index (χ0v) is 15.3. The van der Waals surface area contributed by atoms with Gasteiger partial charge < -0.3 is 4.90 Å². The molecule has 8 heteroatoms. The molecule has 0 aliphatic carbocycles. The van der Waals surface area contributed by atoms with Gasteiger partial charge in [0.25, 0.3) is 0 Å². The second kappa shape index (κ2) is 7.03. The molecule has 0 spiro atoms. The monoisotopic (exact) mass is 378 g/mol. The van der Waals surface area contributed by atoms with Gasteiger partial charge in [-0.2, -0.15) is 13.2 Å². The number of rotatable bonds is 4. The number of halogens is 3. The molecule has 0 unspecified atom stereocenters. The van der Waals surface area contributed by atoms with E-state index in [9.17, 15) is 13.2 Å². The molecule has 3 rings (SSSR count). The zero-order valence-electron chi connectivity index (χ0n) is 14.5. The number of anilines is 2. The molecule has 0 atom stereocenters. The lowest BCUT2D eigenvalue weighted by Crippen LogP contribution is -2.16. The van der Waals surface area contributed by atoms with Crippen molar-refractivity contribution in [2.75, 3.05) is 11.9 Å². The Bertz CT molecular complexity index is 921. The van der Waals surface area contributed by atoms with Crippen molar-refractivity contribution in [3.8, 4) is 10.4 Å². The number of aromatic nitrogens is 3. The van der Waals surface area contributed by atoms with Crippen LogP contribution in [0.3, 0.4) is 0 Å². The molecule has 0 bridgehead atoms. The van der Waals surface area contributed by atoms with Crippen LogP contribution >= 0.6 is 11.3 Å². The Morgan fingerprint density at radius 1 is 1.15 bits per heavy atom. The summed E-state index contributed by atoms with van der Waals surface area (Å²) in [5.74, 6) is -0.00470. The van der Waals surface area contributed by atoms with Gasteiger partial charge in [0, 0.05) is 25.1 Å². The van der Waals surface area contributed by atoms with Crippen LogP contribution in [-0.4, -0.2) is 22.0 Å². The fourth-order valence-corrected chi connectivity index (χ4v) is 3.33. The van der Waals surface area contributed by atoms with Gasteiger partial charge in [-0.05, 0) is 42.7 Å². The fourth-order valence-electron chi connectivity index (χ4n) is 2.49. The number of benzene rings is 1. The topological polar surface area (TPSA) is 41.9 Å². The van der Waals surface area contributed by atoms with Crippen molar-refractivity contribution in [1.82, 2.24) is 15.0 Å². The lowest BCUT2D eigenvalue weighted by molar-refractivity contribution is -0.141. The van der Waals surface area contributed by atoms with Crippen LogP contribution < -0.4 is 4.90 Å². The van der Waals surface area contributed by atoms with Gasteiger partial charge in [-0.25, -0.2) is 15.0 Å². The Balaban J connectivity index is 1.99. The largest absolute Gasteiger partial charge is 0.433 e. The van der Waals surface area contributed by atoms with Gasteiger partial charge >= 0.3 is 6.18 Å². The third-order valence-corrected chi connectivity index (χ3v) is 5.01. The number of aryl methyl sites for hydroxylation is 2. The molecule has 0 saturated carbocycles. The van der Waals surface area contributed by atoms with E-state index in [2.05, 4.69) is 15.0 Å². The van der Waals surface area contributed by atoms with Gasteiger partial charge in [0.15, 0.2) is 0 Å². The summed E-state index contributed by atoms with van der Waals surface area (Å²) >= 11 is 1.61. The van der Waals surface area contributed by atoms with Gasteiger partial charge in [0.1, 0.15) is 5.69 Å². The highest BCUT2D eigenvalue weighted by Crippen LogP contribution is 2.33. The van der Waals surface area contributed by atoms with Crippen LogP contribution in [0, 0.1) is 6.92 Å². The first-order chi connectivity index (χ1) is 12.3. The minimum absolute atomic E-state index is 0.00470. The predicted octanol–water partition coefficient (Wildman–Crippen LogP) is 5.26. The predicted molar refractivity (Wildman–Crippen MR) is 96.8 cm³/mol.